The Hall–Kier alpha value is -2.91. The molecule has 8 nitrogen and oxygen atoms in total. The Bertz CT molecular complexity index is 1230. The number of sulfonamides is 1. The summed E-state index contributed by atoms with van der Waals surface area (Å²) in [6, 6.07) is 9.01. The molecule has 9 heteroatoms. The van der Waals surface area contributed by atoms with Crippen molar-refractivity contribution in [2.75, 3.05) is 23.7 Å². The zero-order valence-electron chi connectivity index (χ0n) is 20.0. The van der Waals surface area contributed by atoms with Crippen LogP contribution in [0.5, 0.6) is 5.75 Å². The van der Waals surface area contributed by atoms with Gasteiger partial charge < -0.3 is 15.4 Å². The lowest BCUT2D eigenvalue weighted by Crippen LogP contribution is -2.41. The van der Waals surface area contributed by atoms with Crippen LogP contribution >= 0.6 is 0 Å². The number of nitrogens with zero attached hydrogens (tertiary/aromatic N) is 1. The SMILES string of the molecule is CC[C@@H]1Oc2cc(S(=O)(=O)N3CCC(C(=O)Nc4ccc(C)cc4C)CC3)c(C)cc2NC1=O. The van der Waals surface area contributed by atoms with E-state index in [4.69, 9.17) is 4.74 Å². The fourth-order valence-corrected chi connectivity index (χ4v) is 6.21. The van der Waals surface area contributed by atoms with Crippen LogP contribution in [0.2, 0.25) is 0 Å². The molecular formula is C25H31N3O5S. The molecule has 2 heterocycles. The van der Waals surface area contributed by atoms with Crippen LogP contribution in [0.25, 0.3) is 0 Å². The number of carbonyl (C=O) groups excluding carboxylic acids is 2. The normalized spacial score (nSPS) is 19.2. The van der Waals surface area contributed by atoms with Gasteiger partial charge >= 0.3 is 0 Å². The van der Waals surface area contributed by atoms with E-state index in [9.17, 15) is 18.0 Å². The maximum atomic E-state index is 13.4. The second kappa shape index (κ2) is 9.38. The molecule has 182 valence electrons. The number of anilines is 2. The summed E-state index contributed by atoms with van der Waals surface area (Å²) in [6.45, 7) is 8.02. The fourth-order valence-electron chi connectivity index (χ4n) is 4.52. The monoisotopic (exact) mass is 485 g/mol. The molecule has 1 atom stereocenters. The predicted octanol–water partition coefficient (Wildman–Crippen LogP) is 3.76. The van der Waals surface area contributed by atoms with Gasteiger partial charge in [0, 0.05) is 30.8 Å². The second-order valence-electron chi connectivity index (χ2n) is 9.10. The molecule has 0 aliphatic carbocycles. The summed E-state index contributed by atoms with van der Waals surface area (Å²) in [5.41, 5.74) is 3.93. The molecule has 4 rings (SSSR count). The third-order valence-electron chi connectivity index (χ3n) is 6.55. The molecule has 0 radical (unpaired) electrons. The first-order chi connectivity index (χ1) is 16.1. The Kier molecular flexibility index (Phi) is 6.69. The van der Waals surface area contributed by atoms with E-state index in [0.29, 0.717) is 36.3 Å². The summed E-state index contributed by atoms with van der Waals surface area (Å²) in [7, 11) is -3.77. The van der Waals surface area contributed by atoms with Gasteiger partial charge in [-0.05, 0) is 63.3 Å². The van der Waals surface area contributed by atoms with Crippen molar-refractivity contribution in [3.05, 3.63) is 47.0 Å². The molecule has 0 aromatic heterocycles. The minimum Gasteiger partial charge on any atom is -0.478 e. The van der Waals surface area contributed by atoms with E-state index >= 15 is 0 Å². The number of fused-ring (bicyclic) bond motifs is 1. The van der Waals surface area contributed by atoms with Crippen LogP contribution in [-0.2, 0) is 19.6 Å². The number of amides is 2. The molecule has 1 fully saturated rings. The molecule has 2 amide bonds. The van der Waals surface area contributed by atoms with Crippen LogP contribution < -0.4 is 15.4 Å². The highest BCUT2D eigenvalue weighted by atomic mass is 32.2. The molecule has 2 aromatic rings. The number of benzene rings is 2. The van der Waals surface area contributed by atoms with Crippen molar-refractivity contribution in [3.63, 3.8) is 0 Å². The first kappa shape index (κ1) is 24.2. The Balaban J connectivity index is 1.46. The average molecular weight is 486 g/mol. The Labute approximate surface area is 200 Å². The second-order valence-corrected chi connectivity index (χ2v) is 11.0. The molecule has 0 bridgehead atoms. The van der Waals surface area contributed by atoms with Gasteiger partial charge in [-0.2, -0.15) is 4.31 Å². The third kappa shape index (κ3) is 4.67. The zero-order valence-corrected chi connectivity index (χ0v) is 20.8. The average Bonchev–Trinajstić information content (AvgIpc) is 2.80. The Morgan fingerprint density at radius 3 is 2.47 bits per heavy atom. The molecule has 0 spiro atoms. The van der Waals surface area contributed by atoms with Crippen molar-refractivity contribution in [3.8, 4) is 5.75 Å². The lowest BCUT2D eigenvalue weighted by atomic mass is 9.97. The number of ether oxygens (including phenoxy) is 1. The van der Waals surface area contributed by atoms with Crippen molar-refractivity contribution in [2.24, 2.45) is 5.92 Å². The lowest BCUT2D eigenvalue weighted by molar-refractivity contribution is -0.123. The maximum Gasteiger partial charge on any atom is 0.265 e. The summed E-state index contributed by atoms with van der Waals surface area (Å²) in [6.07, 6.45) is 0.741. The first-order valence-corrected chi connectivity index (χ1v) is 13.0. The number of hydrogen-bond donors (Lipinski definition) is 2. The molecule has 0 unspecified atom stereocenters. The van der Waals surface area contributed by atoms with Gasteiger partial charge in [0.2, 0.25) is 15.9 Å². The van der Waals surface area contributed by atoms with E-state index in [1.54, 1.807) is 13.0 Å². The minimum atomic E-state index is -3.77. The molecule has 2 aliphatic heterocycles. The number of aryl methyl sites for hydroxylation is 3. The van der Waals surface area contributed by atoms with Gasteiger partial charge in [0.1, 0.15) is 5.75 Å². The first-order valence-electron chi connectivity index (χ1n) is 11.6. The summed E-state index contributed by atoms with van der Waals surface area (Å²) in [4.78, 5) is 25.0. The van der Waals surface area contributed by atoms with Crippen molar-refractivity contribution in [2.45, 2.75) is 58.0 Å². The van der Waals surface area contributed by atoms with E-state index < -0.39 is 16.1 Å². The molecule has 0 saturated carbocycles. The van der Waals surface area contributed by atoms with Crippen molar-refractivity contribution >= 4 is 33.2 Å². The van der Waals surface area contributed by atoms with Crippen molar-refractivity contribution in [1.82, 2.24) is 4.31 Å². The van der Waals surface area contributed by atoms with E-state index in [2.05, 4.69) is 10.6 Å². The van der Waals surface area contributed by atoms with Gasteiger partial charge in [-0.3, -0.25) is 9.59 Å². The highest BCUT2D eigenvalue weighted by Gasteiger charge is 2.35. The molecule has 34 heavy (non-hydrogen) atoms. The molecule has 2 aliphatic rings. The van der Waals surface area contributed by atoms with Crippen LogP contribution in [0.4, 0.5) is 11.4 Å². The van der Waals surface area contributed by atoms with E-state index in [1.807, 2.05) is 39.0 Å². The molecular weight excluding hydrogens is 454 g/mol. The number of rotatable bonds is 5. The van der Waals surface area contributed by atoms with Crippen LogP contribution in [0.1, 0.15) is 42.9 Å². The van der Waals surface area contributed by atoms with Crippen molar-refractivity contribution in [1.29, 1.82) is 0 Å². The summed E-state index contributed by atoms with van der Waals surface area (Å²) < 4.78 is 34.0. The topological polar surface area (TPSA) is 105 Å². The number of nitrogens with one attached hydrogen (secondary N) is 2. The molecule has 1 saturated heterocycles. The maximum absolute atomic E-state index is 13.4. The van der Waals surface area contributed by atoms with Gasteiger partial charge in [0.25, 0.3) is 5.91 Å². The predicted molar refractivity (Wildman–Crippen MR) is 131 cm³/mol. The van der Waals surface area contributed by atoms with E-state index in [0.717, 1.165) is 16.8 Å². The number of piperidine rings is 1. The van der Waals surface area contributed by atoms with Crippen molar-refractivity contribution < 1.29 is 22.7 Å². The van der Waals surface area contributed by atoms with E-state index in [-0.39, 0.29) is 35.7 Å². The molecule has 2 aromatic carbocycles. The van der Waals surface area contributed by atoms with Gasteiger partial charge in [-0.25, -0.2) is 8.42 Å². The van der Waals surface area contributed by atoms with Gasteiger partial charge in [0.05, 0.1) is 10.6 Å². The summed E-state index contributed by atoms with van der Waals surface area (Å²) >= 11 is 0. The van der Waals surface area contributed by atoms with Crippen LogP contribution in [0.3, 0.4) is 0 Å². The lowest BCUT2D eigenvalue weighted by Gasteiger charge is -2.32. The van der Waals surface area contributed by atoms with E-state index in [1.165, 1.54) is 10.4 Å². The Morgan fingerprint density at radius 2 is 1.82 bits per heavy atom. The smallest absolute Gasteiger partial charge is 0.265 e. The van der Waals surface area contributed by atoms with Gasteiger partial charge in [-0.15, -0.1) is 0 Å². The zero-order chi connectivity index (χ0) is 24.6. The van der Waals surface area contributed by atoms with Crippen LogP contribution in [0.15, 0.2) is 35.2 Å². The van der Waals surface area contributed by atoms with Crippen LogP contribution in [0, 0.1) is 26.7 Å². The third-order valence-corrected chi connectivity index (χ3v) is 8.59. The quantitative estimate of drug-likeness (QED) is 0.671. The number of hydrogen-bond acceptors (Lipinski definition) is 5. The number of carbonyl (C=O) groups is 2. The highest BCUT2D eigenvalue weighted by molar-refractivity contribution is 7.89. The standard InChI is InChI=1S/C25H31N3O5S/c1-5-21-25(30)27-20-13-17(4)23(14-22(20)33-21)34(31,32)28-10-8-18(9-11-28)24(29)26-19-7-6-15(2)12-16(19)3/h6-7,12-14,18,21H,5,8-11H2,1-4H3,(H,26,29)(H,27,30)/t21-/m0/s1. The fraction of sp³-hybridized carbons (Fsp3) is 0.440. The van der Waals surface area contributed by atoms with Gasteiger partial charge in [0.15, 0.2) is 6.10 Å². The van der Waals surface area contributed by atoms with Crippen LogP contribution in [-0.4, -0.2) is 43.7 Å². The largest absolute Gasteiger partial charge is 0.478 e. The highest BCUT2D eigenvalue weighted by Crippen LogP contribution is 2.36. The molecule has 2 N–H and O–H groups in total. The summed E-state index contributed by atoms with van der Waals surface area (Å²) in [5.74, 6) is -0.200. The Morgan fingerprint density at radius 1 is 1.12 bits per heavy atom. The summed E-state index contributed by atoms with van der Waals surface area (Å²) in [5, 5.41) is 5.78. The minimum absolute atomic E-state index is 0.0799. The van der Waals surface area contributed by atoms with Gasteiger partial charge in [-0.1, -0.05) is 24.6 Å².